The summed E-state index contributed by atoms with van der Waals surface area (Å²) in [5.41, 5.74) is 2.08. The molecule has 2 atom stereocenters. The summed E-state index contributed by atoms with van der Waals surface area (Å²) in [6.45, 7) is 5.10. The van der Waals surface area contributed by atoms with Gasteiger partial charge in [-0.15, -0.1) is 0 Å². The van der Waals surface area contributed by atoms with Gasteiger partial charge in [0.2, 0.25) is 0 Å². The van der Waals surface area contributed by atoms with Crippen molar-refractivity contribution in [2.75, 3.05) is 26.2 Å². The maximum atomic E-state index is 14.1. The molecule has 172 valence electrons. The van der Waals surface area contributed by atoms with Crippen molar-refractivity contribution in [1.82, 2.24) is 20.5 Å². The second-order valence-electron chi connectivity index (χ2n) is 9.79. The number of hydrogen-bond acceptors (Lipinski definition) is 4. The number of carbonyl (C=O) groups excluding carboxylic acids is 2. The van der Waals surface area contributed by atoms with Gasteiger partial charge in [0, 0.05) is 29.4 Å². The summed E-state index contributed by atoms with van der Waals surface area (Å²) in [6.07, 6.45) is 5.84. The zero-order chi connectivity index (χ0) is 22.3. The van der Waals surface area contributed by atoms with E-state index in [1.54, 1.807) is 12.1 Å². The molecule has 2 aromatic rings. The predicted octanol–water partition coefficient (Wildman–Crippen LogP) is 3.48. The lowest BCUT2D eigenvalue weighted by Crippen LogP contribution is -2.55. The molecule has 0 radical (unpaired) electrons. The van der Waals surface area contributed by atoms with Gasteiger partial charge in [-0.25, -0.2) is 9.18 Å². The highest BCUT2D eigenvalue weighted by Crippen LogP contribution is 2.36. The Bertz CT molecular complexity index is 977. The molecule has 1 aliphatic carbocycles. The van der Waals surface area contributed by atoms with E-state index in [1.807, 2.05) is 6.92 Å². The summed E-state index contributed by atoms with van der Waals surface area (Å²) in [5.74, 6) is -0.484. The third kappa shape index (κ3) is 4.08. The Kier molecular flexibility index (Phi) is 5.57. The first-order valence-corrected chi connectivity index (χ1v) is 11.7. The summed E-state index contributed by atoms with van der Waals surface area (Å²) in [7, 11) is 0. The average Bonchev–Trinajstić information content (AvgIpc) is 3.27. The molecule has 1 spiro atoms. The molecule has 7 nitrogen and oxygen atoms in total. The Morgan fingerprint density at radius 1 is 1.28 bits per heavy atom. The van der Waals surface area contributed by atoms with E-state index in [0.717, 1.165) is 57.2 Å². The molecule has 0 bridgehead atoms. The van der Waals surface area contributed by atoms with E-state index in [9.17, 15) is 14.0 Å². The number of nitrogens with zero attached hydrogens (tertiary/aromatic N) is 1. The number of aromatic nitrogens is 1. The lowest BCUT2D eigenvalue weighted by molar-refractivity contribution is -0.00896. The van der Waals surface area contributed by atoms with Crippen molar-refractivity contribution in [1.29, 1.82) is 0 Å². The lowest BCUT2D eigenvalue weighted by atomic mass is 9.77. The van der Waals surface area contributed by atoms with Crippen LogP contribution in [0.2, 0.25) is 0 Å². The zero-order valence-electron chi connectivity index (χ0n) is 18.5. The van der Waals surface area contributed by atoms with Gasteiger partial charge in [0.05, 0.1) is 5.52 Å². The number of rotatable bonds is 3. The molecule has 5 rings (SSSR count). The summed E-state index contributed by atoms with van der Waals surface area (Å²) in [4.78, 5) is 29.8. The Hall–Kier alpha value is -2.61. The quantitative estimate of drug-likeness (QED) is 0.679. The van der Waals surface area contributed by atoms with Crippen LogP contribution in [-0.2, 0) is 4.74 Å². The Balaban J connectivity index is 1.19. The maximum absolute atomic E-state index is 14.1. The summed E-state index contributed by atoms with van der Waals surface area (Å²) in [6, 6.07) is 5.34. The van der Waals surface area contributed by atoms with E-state index in [0.29, 0.717) is 35.8 Å². The van der Waals surface area contributed by atoms with Gasteiger partial charge in [0.15, 0.2) is 0 Å². The molecule has 3 heterocycles. The largest absolute Gasteiger partial charge is 0.449 e. The van der Waals surface area contributed by atoms with Gasteiger partial charge in [-0.3, -0.25) is 4.79 Å². The lowest BCUT2D eigenvalue weighted by Gasteiger charge is -2.47. The average molecular weight is 443 g/mol. The van der Waals surface area contributed by atoms with Gasteiger partial charge in [0.1, 0.15) is 18.1 Å². The fraction of sp³-hybridized carbons (Fsp3) is 0.583. The number of piperidine rings is 1. The minimum atomic E-state index is -0.315. The smallest absolute Gasteiger partial charge is 0.407 e. The van der Waals surface area contributed by atoms with Gasteiger partial charge < -0.3 is 25.3 Å². The van der Waals surface area contributed by atoms with Gasteiger partial charge in [0.25, 0.3) is 5.91 Å². The number of likely N-dealkylation sites (tertiary alicyclic amines) is 1. The Morgan fingerprint density at radius 2 is 2.09 bits per heavy atom. The number of ether oxygens (including phenoxy) is 1. The number of halogens is 1. The second-order valence-corrected chi connectivity index (χ2v) is 9.79. The van der Waals surface area contributed by atoms with Gasteiger partial charge in [-0.1, -0.05) is 6.07 Å². The molecule has 32 heavy (non-hydrogen) atoms. The molecule has 2 amide bonds. The third-order valence-corrected chi connectivity index (χ3v) is 7.67. The van der Waals surface area contributed by atoms with Gasteiger partial charge in [-0.2, -0.15) is 0 Å². The van der Waals surface area contributed by atoms with Crippen LogP contribution in [0.1, 0.15) is 54.6 Å². The molecule has 0 unspecified atom stereocenters. The van der Waals surface area contributed by atoms with Crippen LogP contribution in [0.15, 0.2) is 18.2 Å². The maximum Gasteiger partial charge on any atom is 0.407 e. The number of cyclic esters (lactones) is 1. The third-order valence-electron chi connectivity index (χ3n) is 7.67. The summed E-state index contributed by atoms with van der Waals surface area (Å²) in [5, 5.41) is 6.48. The van der Waals surface area contributed by atoms with Crippen LogP contribution in [0.4, 0.5) is 9.18 Å². The SMILES string of the molecule is Cc1ccc(F)c2cc(C(=O)N[C@@H]3CCC[C@H](N4CCC5(CC4)CNC(=O)OC5)C3)[nH]c12. The first-order valence-electron chi connectivity index (χ1n) is 11.7. The van der Waals surface area contributed by atoms with Crippen molar-refractivity contribution >= 4 is 22.9 Å². The van der Waals surface area contributed by atoms with Crippen LogP contribution < -0.4 is 10.6 Å². The van der Waals surface area contributed by atoms with E-state index in [-0.39, 0.29) is 29.3 Å². The van der Waals surface area contributed by atoms with Crippen LogP contribution in [0.5, 0.6) is 0 Å². The van der Waals surface area contributed by atoms with Crippen molar-refractivity contribution in [2.24, 2.45) is 5.41 Å². The number of benzene rings is 1. The first kappa shape index (κ1) is 21.2. The number of aryl methyl sites for hydroxylation is 1. The van der Waals surface area contributed by atoms with Crippen LogP contribution in [-0.4, -0.2) is 60.2 Å². The highest BCUT2D eigenvalue weighted by molar-refractivity contribution is 5.99. The standard InChI is InChI=1S/C24H31FN4O3/c1-15-5-6-19(25)18-12-20(28-21(15)18)22(30)27-16-3-2-4-17(11-16)29-9-7-24(8-10-29)13-26-23(31)32-14-24/h5-6,12,16-17,28H,2-4,7-11,13-14H2,1H3,(H,26,31)(H,27,30)/t16-,17+/m1/s1. The van der Waals surface area contributed by atoms with E-state index < -0.39 is 0 Å². The highest BCUT2D eigenvalue weighted by atomic mass is 19.1. The van der Waals surface area contributed by atoms with Crippen LogP contribution in [0.3, 0.4) is 0 Å². The number of fused-ring (bicyclic) bond motifs is 1. The minimum Gasteiger partial charge on any atom is -0.449 e. The van der Waals surface area contributed by atoms with E-state index >= 15 is 0 Å². The van der Waals surface area contributed by atoms with Gasteiger partial charge >= 0.3 is 6.09 Å². The van der Waals surface area contributed by atoms with E-state index in [2.05, 4.69) is 20.5 Å². The summed E-state index contributed by atoms with van der Waals surface area (Å²) < 4.78 is 19.4. The molecule has 8 heteroatoms. The number of carbonyl (C=O) groups is 2. The highest BCUT2D eigenvalue weighted by Gasteiger charge is 2.41. The molecule has 1 saturated carbocycles. The molecule has 3 aliphatic rings. The number of H-pyrrole nitrogens is 1. The molecule has 1 aromatic heterocycles. The zero-order valence-corrected chi connectivity index (χ0v) is 18.5. The molecular weight excluding hydrogens is 411 g/mol. The van der Waals surface area contributed by atoms with Crippen LogP contribution in [0, 0.1) is 18.2 Å². The molecule has 2 aliphatic heterocycles. The van der Waals surface area contributed by atoms with Crippen LogP contribution in [0.25, 0.3) is 10.9 Å². The van der Waals surface area contributed by atoms with Crippen molar-refractivity contribution in [2.45, 2.75) is 57.5 Å². The van der Waals surface area contributed by atoms with Crippen molar-refractivity contribution < 1.29 is 18.7 Å². The molecule has 3 fully saturated rings. The minimum absolute atomic E-state index is 0.0652. The first-order chi connectivity index (χ1) is 15.4. The molecule has 1 aromatic carbocycles. The Labute approximate surface area is 187 Å². The number of aromatic amines is 1. The molecule has 2 saturated heterocycles. The van der Waals surface area contributed by atoms with Crippen molar-refractivity contribution in [3.05, 3.63) is 35.3 Å². The fourth-order valence-electron chi connectivity index (χ4n) is 5.60. The van der Waals surface area contributed by atoms with E-state index in [1.165, 1.54) is 6.07 Å². The van der Waals surface area contributed by atoms with Crippen molar-refractivity contribution in [3.63, 3.8) is 0 Å². The predicted molar refractivity (Wildman–Crippen MR) is 119 cm³/mol. The van der Waals surface area contributed by atoms with Gasteiger partial charge in [-0.05, 0) is 76.2 Å². The number of alkyl carbamates (subject to hydrolysis) is 1. The Morgan fingerprint density at radius 3 is 2.81 bits per heavy atom. The fourth-order valence-corrected chi connectivity index (χ4v) is 5.60. The molecule has 3 N–H and O–H groups in total. The normalized spacial score (nSPS) is 26.0. The second kappa shape index (κ2) is 8.39. The summed E-state index contributed by atoms with van der Waals surface area (Å²) >= 11 is 0. The number of hydrogen-bond donors (Lipinski definition) is 3. The monoisotopic (exact) mass is 442 g/mol. The number of nitrogens with one attached hydrogen (secondary N) is 3. The van der Waals surface area contributed by atoms with Crippen molar-refractivity contribution in [3.8, 4) is 0 Å². The van der Waals surface area contributed by atoms with E-state index in [4.69, 9.17) is 4.74 Å². The number of amides is 2. The molecular formula is C24H31FN4O3. The topological polar surface area (TPSA) is 86.5 Å². The van der Waals surface area contributed by atoms with Crippen LogP contribution >= 0.6 is 0 Å².